The van der Waals surface area contributed by atoms with Gasteiger partial charge in [0.15, 0.2) is 0 Å². The van der Waals surface area contributed by atoms with E-state index in [1.165, 1.54) is 34.4 Å². The van der Waals surface area contributed by atoms with E-state index in [9.17, 15) is 0 Å². The van der Waals surface area contributed by atoms with E-state index < -0.39 is 16.4 Å². The van der Waals surface area contributed by atoms with E-state index in [0.717, 1.165) is 5.75 Å². The van der Waals surface area contributed by atoms with Gasteiger partial charge in [0.25, 0.3) is 8.32 Å². The molecule has 0 spiro atoms. The molecule has 24 heavy (non-hydrogen) atoms. The van der Waals surface area contributed by atoms with Crippen LogP contribution in [0.5, 0.6) is 5.75 Å². The fourth-order valence-electron chi connectivity index (χ4n) is 3.25. The van der Waals surface area contributed by atoms with Crippen LogP contribution in [0.3, 0.4) is 0 Å². The molecule has 2 aromatic rings. The van der Waals surface area contributed by atoms with Crippen LogP contribution in [-0.2, 0) is 0 Å². The summed E-state index contributed by atoms with van der Waals surface area (Å²) in [6, 6.07) is 12.8. The largest absolute Gasteiger partial charge is 0.543 e. The fourth-order valence-corrected chi connectivity index (χ4v) is 7.78. The second-order valence-corrected chi connectivity index (χ2v) is 18.5. The monoisotopic (exact) mass is 361 g/mol. The first-order valence-electron chi connectivity index (χ1n) is 9.41. The third-order valence-corrected chi connectivity index (χ3v) is 16.2. The van der Waals surface area contributed by atoms with Crippen molar-refractivity contribution >= 4 is 32.6 Å². The van der Waals surface area contributed by atoms with Crippen LogP contribution in [0.4, 0.5) is 0 Å². The summed E-state index contributed by atoms with van der Waals surface area (Å²) in [6.07, 6.45) is 0. The Bertz CT molecular complexity index is 685. The predicted octanol–water partition coefficient (Wildman–Crippen LogP) is 6.27. The topological polar surface area (TPSA) is 25.0 Å². The molecule has 1 heterocycles. The first kappa shape index (κ1) is 19.3. The maximum absolute atomic E-state index is 6.64. The van der Waals surface area contributed by atoms with Crippen molar-refractivity contribution in [1.29, 1.82) is 0 Å². The van der Waals surface area contributed by atoms with E-state index in [4.69, 9.17) is 4.43 Å². The molecule has 1 N–H and O–H groups in total. The van der Waals surface area contributed by atoms with Crippen LogP contribution in [0.25, 0.3) is 10.9 Å². The van der Waals surface area contributed by atoms with Crippen molar-refractivity contribution in [2.75, 3.05) is 0 Å². The van der Waals surface area contributed by atoms with E-state index in [2.05, 4.69) is 83.9 Å². The highest BCUT2D eigenvalue weighted by Crippen LogP contribution is 2.39. The molecule has 0 aliphatic rings. The van der Waals surface area contributed by atoms with E-state index in [1.807, 2.05) is 0 Å². The van der Waals surface area contributed by atoms with E-state index in [-0.39, 0.29) is 5.04 Å². The maximum atomic E-state index is 6.64. The van der Waals surface area contributed by atoms with Gasteiger partial charge < -0.3 is 9.41 Å². The number of H-pyrrole nitrogens is 1. The predicted molar refractivity (Wildman–Crippen MR) is 113 cm³/mol. The Morgan fingerprint density at radius 3 is 2.08 bits per heavy atom. The third kappa shape index (κ3) is 3.36. The standard InChI is InChI=1S/C20H35NOSi2/c1-9-24(10-2,11-3)19-15-16-17(21-19)13-12-14-18(16)22-23(7,8)20(4,5)6/h12-15,21H,9-11H2,1-8H3. The molecule has 0 radical (unpaired) electrons. The molecule has 0 bridgehead atoms. The number of fused-ring (bicyclic) bond motifs is 1. The van der Waals surface area contributed by atoms with Crippen LogP contribution in [-0.4, -0.2) is 21.4 Å². The average molecular weight is 362 g/mol. The molecule has 2 rings (SSSR count). The zero-order valence-electron chi connectivity index (χ0n) is 16.8. The van der Waals surface area contributed by atoms with Crippen molar-refractivity contribution in [3.63, 3.8) is 0 Å². The minimum absolute atomic E-state index is 0.211. The molecular formula is C20H35NOSi2. The smallest absolute Gasteiger partial charge is 0.250 e. The van der Waals surface area contributed by atoms with Crippen molar-refractivity contribution < 1.29 is 4.43 Å². The normalized spacial score (nSPS) is 13.5. The van der Waals surface area contributed by atoms with Crippen molar-refractivity contribution in [3.05, 3.63) is 24.3 Å². The third-order valence-electron chi connectivity index (χ3n) is 6.40. The minimum atomic E-state index is -1.83. The average Bonchev–Trinajstić information content (AvgIpc) is 2.94. The summed E-state index contributed by atoms with van der Waals surface area (Å²) in [6.45, 7) is 18.6. The van der Waals surface area contributed by atoms with Crippen LogP contribution in [0, 0.1) is 0 Å². The highest BCUT2D eigenvalue weighted by atomic mass is 28.4. The first-order valence-corrected chi connectivity index (χ1v) is 14.9. The van der Waals surface area contributed by atoms with Gasteiger partial charge in [-0.15, -0.1) is 0 Å². The molecule has 0 saturated heterocycles. The van der Waals surface area contributed by atoms with Gasteiger partial charge in [0.05, 0.1) is 0 Å². The Hall–Kier alpha value is -1.01. The van der Waals surface area contributed by atoms with Crippen LogP contribution in [0.1, 0.15) is 41.5 Å². The number of nitrogens with one attached hydrogen (secondary N) is 1. The molecule has 4 heteroatoms. The lowest BCUT2D eigenvalue weighted by atomic mass is 10.2. The van der Waals surface area contributed by atoms with Crippen molar-refractivity contribution in [2.24, 2.45) is 0 Å². The highest BCUT2D eigenvalue weighted by molar-refractivity contribution is 6.91. The molecule has 0 saturated carbocycles. The molecule has 134 valence electrons. The quantitative estimate of drug-likeness (QED) is 0.603. The number of aromatic nitrogens is 1. The lowest BCUT2D eigenvalue weighted by Gasteiger charge is -2.36. The number of hydrogen-bond acceptors (Lipinski definition) is 1. The van der Waals surface area contributed by atoms with Crippen LogP contribution >= 0.6 is 0 Å². The first-order chi connectivity index (χ1) is 11.1. The lowest BCUT2D eigenvalue weighted by molar-refractivity contribution is 0.496. The second kappa shape index (κ2) is 6.72. The Kier molecular flexibility index (Phi) is 5.41. The molecule has 0 aliphatic carbocycles. The number of hydrogen-bond donors (Lipinski definition) is 1. The van der Waals surface area contributed by atoms with E-state index in [0.29, 0.717) is 0 Å². The fraction of sp³-hybridized carbons (Fsp3) is 0.600. The summed E-state index contributed by atoms with van der Waals surface area (Å²) in [4.78, 5) is 3.75. The molecule has 0 unspecified atom stereocenters. The lowest BCUT2D eigenvalue weighted by Crippen LogP contribution is -2.46. The van der Waals surface area contributed by atoms with Gasteiger partial charge in [-0.3, -0.25) is 0 Å². The van der Waals surface area contributed by atoms with Gasteiger partial charge in [-0.05, 0) is 41.6 Å². The molecule has 0 amide bonds. The summed E-state index contributed by atoms with van der Waals surface area (Å²) in [5, 5.41) is 2.98. The van der Waals surface area contributed by atoms with Gasteiger partial charge in [-0.2, -0.15) is 0 Å². The molecule has 0 atom stereocenters. The van der Waals surface area contributed by atoms with Gasteiger partial charge in [0, 0.05) is 10.9 Å². The molecule has 2 nitrogen and oxygen atoms in total. The number of benzene rings is 1. The molecule has 1 aromatic carbocycles. The second-order valence-electron chi connectivity index (χ2n) is 8.60. The summed E-state index contributed by atoms with van der Waals surface area (Å²) < 4.78 is 6.64. The maximum Gasteiger partial charge on any atom is 0.250 e. The molecule has 0 aliphatic heterocycles. The Balaban J connectivity index is 2.52. The zero-order valence-corrected chi connectivity index (χ0v) is 18.8. The highest BCUT2D eigenvalue weighted by Gasteiger charge is 2.39. The number of rotatable bonds is 6. The summed E-state index contributed by atoms with van der Waals surface area (Å²) in [7, 11) is -3.22. The van der Waals surface area contributed by atoms with Crippen LogP contribution in [0.2, 0.25) is 36.3 Å². The van der Waals surface area contributed by atoms with Crippen molar-refractivity contribution in [2.45, 2.75) is 77.8 Å². The molecular weight excluding hydrogens is 326 g/mol. The Morgan fingerprint density at radius 1 is 1.00 bits per heavy atom. The van der Waals surface area contributed by atoms with Gasteiger partial charge in [-0.25, -0.2) is 0 Å². The van der Waals surface area contributed by atoms with Crippen molar-refractivity contribution in [3.8, 4) is 5.75 Å². The zero-order chi connectivity index (χ0) is 18.2. The van der Waals surface area contributed by atoms with Gasteiger partial charge in [0.2, 0.25) is 0 Å². The van der Waals surface area contributed by atoms with E-state index >= 15 is 0 Å². The minimum Gasteiger partial charge on any atom is -0.543 e. The Morgan fingerprint density at radius 2 is 1.58 bits per heavy atom. The van der Waals surface area contributed by atoms with E-state index in [1.54, 1.807) is 0 Å². The van der Waals surface area contributed by atoms with Crippen LogP contribution < -0.4 is 9.74 Å². The summed E-state index contributed by atoms with van der Waals surface area (Å²) in [5.74, 6) is 1.06. The van der Waals surface area contributed by atoms with Gasteiger partial charge in [0.1, 0.15) is 13.8 Å². The van der Waals surface area contributed by atoms with Crippen LogP contribution in [0.15, 0.2) is 24.3 Å². The van der Waals surface area contributed by atoms with Gasteiger partial charge >= 0.3 is 0 Å². The van der Waals surface area contributed by atoms with Gasteiger partial charge in [-0.1, -0.05) is 65.7 Å². The number of aromatic amines is 1. The van der Waals surface area contributed by atoms with Crippen molar-refractivity contribution in [1.82, 2.24) is 4.98 Å². The SMILES string of the molecule is CC[Si](CC)(CC)c1cc2c(O[Si](C)(C)C(C)(C)C)cccc2[nH]1. The molecule has 0 fully saturated rings. The summed E-state index contributed by atoms with van der Waals surface area (Å²) in [5.41, 5.74) is 1.23. The summed E-state index contributed by atoms with van der Waals surface area (Å²) >= 11 is 0. The molecule has 1 aromatic heterocycles. The Labute approximate surface area is 150 Å².